The van der Waals surface area contributed by atoms with Gasteiger partial charge in [0.05, 0.1) is 7.11 Å². The van der Waals surface area contributed by atoms with Gasteiger partial charge in [-0.1, -0.05) is 32.3 Å². The number of methoxy groups -OCH3 is 1. The maximum absolute atomic E-state index is 5.36. The maximum atomic E-state index is 5.36. The summed E-state index contributed by atoms with van der Waals surface area (Å²) < 4.78 is 5.36. The summed E-state index contributed by atoms with van der Waals surface area (Å²) in [4.78, 5) is 0. The lowest BCUT2D eigenvalue weighted by molar-refractivity contribution is 0.408. The molecule has 0 aromatic heterocycles. The van der Waals surface area contributed by atoms with E-state index in [2.05, 4.69) is 30.4 Å². The van der Waals surface area contributed by atoms with Crippen molar-refractivity contribution in [2.24, 2.45) is 0 Å². The van der Waals surface area contributed by atoms with E-state index in [4.69, 9.17) is 4.74 Å². The lowest BCUT2D eigenvalue weighted by Gasteiger charge is -2.27. The van der Waals surface area contributed by atoms with Crippen LogP contribution in [-0.2, 0) is 6.42 Å². The Kier molecular flexibility index (Phi) is 5.71. The molecule has 0 heterocycles. The highest BCUT2D eigenvalue weighted by atomic mass is 16.5. The first-order valence-electron chi connectivity index (χ1n) is 7.75. The molecule has 0 radical (unpaired) electrons. The van der Waals surface area contributed by atoms with Crippen molar-refractivity contribution in [3.8, 4) is 5.75 Å². The third kappa shape index (κ3) is 3.97. The quantitative estimate of drug-likeness (QED) is 0.741. The third-order valence-corrected chi connectivity index (χ3v) is 4.09. The topological polar surface area (TPSA) is 21.3 Å². The molecule has 0 bridgehead atoms. The van der Waals surface area contributed by atoms with Crippen LogP contribution in [0.3, 0.4) is 0 Å². The van der Waals surface area contributed by atoms with Gasteiger partial charge in [-0.05, 0) is 55.5 Å². The standard InChI is InChI=1S/C17H27NO/c1-3-4-5-6-12-18-17-9-7-8-14-10-11-15(19-2)13-16(14)17/h10-11,13,17-18H,3-9,12H2,1-2H3. The molecule has 0 aliphatic heterocycles. The van der Waals surface area contributed by atoms with Crippen molar-refractivity contribution in [2.45, 2.75) is 57.9 Å². The Bertz CT molecular complexity index is 389. The zero-order chi connectivity index (χ0) is 13.5. The highest BCUT2D eigenvalue weighted by Crippen LogP contribution is 2.32. The molecule has 106 valence electrons. The van der Waals surface area contributed by atoms with Gasteiger partial charge in [0.2, 0.25) is 0 Å². The second-order valence-corrected chi connectivity index (χ2v) is 5.52. The van der Waals surface area contributed by atoms with E-state index in [9.17, 15) is 0 Å². The molecular weight excluding hydrogens is 234 g/mol. The lowest BCUT2D eigenvalue weighted by atomic mass is 9.87. The highest BCUT2D eigenvalue weighted by molar-refractivity contribution is 5.39. The maximum Gasteiger partial charge on any atom is 0.119 e. The van der Waals surface area contributed by atoms with E-state index < -0.39 is 0 Å². The molecule has 2 rings (SSSR count). The Morgan fingerprint density at radius 2 is 2.16 bits per heavy atom. The number of rotatable bonds is 7. The molecule has 1 aromatic rings. The van der Waals surface area contributed by atoms with Crippen LogP contribution in [0.25, 0.3) is 0 Å². The summed E-state index contributed by atoms with van der Waals surface area (Å²) in [6.07, 6.45) is 9.08. The number of hydrogen-bond donors (Lipinski definition) is 1. The molecule has 1 aromatic carbocycles. The Morgan fingerprint density at radius 3 is 2.95 bits per heavy atom. The fourth-order valence-corrected chi connectivity index (χ4v) is 2.94. The second kappa shape index (κ2) is 7.54. The van der Waals surface area contributed by atoms with Crippen molar-refractivity contribution >= 4 is 0 Å². The van der Waals surface area contributed by atoms with Crippen LogP contribution in [0.15, 0.2) is 18.2 Å². The first kappa shape index (κ1) is 14.4. The van der Waals surface area contributed by atoms with Crippen molar-refractivity contribution in [3.05, 3.63) is 29.3 Å². The first-order valence-corrected chi connectivity index (χ1v) is 7.75. The molecule has 19 heavy (non-hydrogen) atoms. The van der Waals surface area contributed by atoms with Gasteiger partial charge in [0.25, 0.3) is 0 Å². The minimum atomic E-state index is 0.528. The van der Waals surface area contributed by atoms with E-state index in [1.807, 2.05) is 0 Å². The second-order valence-electron chi connectivity index (χ2n) is 5.52. The molecule has 1 unspecified atom stereocenters. The van der Waals surface area contributed by atoms with Gasteiger partial charge < -0.3 is 10.1 Å². The fraction of sp³-hybridized carbons (Fsp3) is 0.647. The number of unbranched alkanes of at least 4 members (excludes halogenated alkanes) is 3. The van der Waals surface area contributed by atoms with Gasteiger partial charge in [-0.3, -0.25) is 0 Å². The summed E-state index contributed by atoms with van der Waals surface area (Å²) >= 11 is 0. The summed E-state index contributed by atoms with van der Waals surface area (Å²) in [7, 11) is 1.75. The van der Waals surface area contributed by atoms with Crippen LogP contribution >= 0.6 is 0 Å². The molecule has 0 amide bonds. The minimum Gasteiger partial charge on any atom is -0.497 e. The van der Waals surface area contributed by atoms with Gasteiger partial charge >= 0.3 is 0 Å². The minimum absolute atomic E-state index is 0.528. The summed E-state index contributed by atoms with van der Waals surface area (Å²) in [5, 5.41) is 3.73. The number of aryl methyl sites for hydroxylation is 1. The monoisotopic (exact) mass is 261 g/mol. The van der Waals surface area contributed by atoms with Crippen LogP contribution < -0.4 is 10.1 Å². The number of nitrogens with one attached hydrogen (secondary N) is 1. The number of hydrogen-bond acceptors (Lipinski definition) is 2. The summed E-state index contributed by atoms with van der Waals surface area (Å²) in [5.74, 6) is 0.985. The average molecular weight is 261 g/mol. The van der Waals surface area contributed by atoms with Gasteiger partial charge in [-0.15, -0.1) is 0 Å². The predicted molar refractivity (Wildman–Crippen MR) is 80.8 cm³/mol. The van der Waals surface area contributed by atoms with Gasteiger partial charge in [-0.2, -0.15) is 0 Å². The van der Waals surface area contributed by atoms with Crippen molar-refractivity contribution in [3.63, 3.8) is 0 Å². The largest absolute Gasteiger partial charge is 0.497 e. The molecule has 0 saturated heterocycles. The molecule has 0 spiro atoms. The van der Waals surface area contributed by atoms with Crippen molar-refractivity contribution in [1.29, 1.82) is 0 Å². The Labute approximate surface area is 117 Å². The molecule has 1 atom stereocenters. The summed E-state index contributed by atoms with van der Waals surface area (Å²) in [5.41, 5.74) is 2.96. The average Bonchev–Trinajstić information content (AvgIpc) is 2.46. The van der Waals surface area contributed by atoms with Crippen molar-refractivity contribution in [2.75, 3.05) is 13.7 Å². The van der Waals surface area contributed by atoms with E-state index in [0.29, 0.717) is 6.04 Å². The number of ether oxygens (including phenoxy) is 1. The van der Waals surface area contributed by atoms with Crippen LogP contribution in [0.4, 0.5) is 0 Å². The van der Waals surface area contributed by atoms with Crippen LogP contribution in [0.5, 0.6) is 5.75 Å². The first-order chi connectivity index (χ1) is 9.35. The van der Waals surface area contributed by atoms with E-state index in [1.54, 1.807) is 7.11 Å². The van der Waals surface area contributed by atoms with E-state index >= 15 is 0 Å². The zero-order valence-corrected chi connectivity index (χ0v) is 12.4. The van der Waals surface area contributed by atoms with Gasteiger partial charge in [0.15, 0.2) is 0 Å². The molecule has 1 aliphatic carbocycles. The predicted octanol–water partition coefficient (Wildman–Crippen LogP) is 4.24. The number of fused-ring (bicyclic) bond motifs is 1. The van der Waals surface area contributed by atoms with Crippen LogP contribution in [-0.4, -0.2) is 13.7 Å². The van der Waals surface area contributed by atoms with Crippen LogP contribution in [0.1, 0.15) is 62.6 Å². The third-order valence-electron chi connectivity index (χ3n) is 4.09. The Morgan fingerprint density at radius 1 is 1.26 bits per heavy atom. The zero-order valence-electron chi connectivity index (χ0n) is 12.4. The van der Waals surface area contributed by atoms with E-state index in [0.717, 1.165) is 12.3 Å². The lowest BCUT2D eigenvalue weighted by Crippen LogP contribution is -2.26. The van der Waals surface area contributed by atoms with Crippen LogP contribution in [0, 0.1) is 0 Å². The van der Waals surface area contributed by atoms with Gasteiger partial charge in [0, 0.05) is 6.04 Å². The normalized spacial score (nSPS) is 18.1. The molecule has 1 aliphatic rings. The summed E-state index contributed by atoms with van der Waals surface area (Å²) in [6.45, 7) is 3.40. The van der Waals surface area contributed by atoms with Gasteiger partial charge in [-0.25, -0.2) is 0 Å². The van der Waals surface area contributed by atoms with E-state index in [-0.39, 0.29) is 0 Å². The molecule has 0 saturated carbocycles. The van der Waals surface area contributed by atoms with Crippen molar-refractivity contribution < 1.29 is 4.74 Å². The molecule has 2 heteroatoms. The number of benzene rings is 1. The highest BCUT2D eigenvalue weighted by Gasteiger charge is 2.19. The SMILES string of the molecule is CCCCCCNC1CCCc2ccc(OC)cc21. The Balaban J connectivity index is 1.92. The smallest absolute Gasteiger partial charge is 0.119 e. The summed E-state index contributed by atoms with van der Waals surface area (Å²) in [6, 6.07) is 7.07. The molecular formula is C17H27NO. The molecule has 1 N–H and O–H groups in total. The fourth-order valence-electron chi connectivity index (χ4n) is 2.94. The van der Waals surface area contributed by atoms with E-state index in [1.165, 1.54) is 56.1 Å². The molecule has 2 nitrogen and oxygen atoms in total. The molecule has 0 fully saturated rings. The van der Waals surface area contributed by atoms with Crippen LogP contribution in [0.2, 0.25) is 0 Å². The van der Waals surface area contributed by atoms with Crippen molar-refractivity contribution in [1.82, 2.24) is 5.32 Å². The van der Waals surface area contributed by atoms with Gasteiger partial charge in [0.1, 0.15) is 5.75 Å². The Hall–Kier alpha value is -1.02.